The third-order valence-electron chi connectivity index (χ3n) is 3.23. The molecule has 0 bridgehead atoms. The van der Waals surface area contributed by atoms with E-state index >= 15 is 0 Å². The maximum absolute atomic E-state index is 4.49. The quantitative estimate of drug-likeness (QED) is 0.608. The van der Waals surface area contributed by atoms with E-state index in [9.17, 15) is 0 Å². The second-order valence-electron chi connectivity index (χ2n) is 4.85. The molecule has 0 spiro atoms. The molecule has 0 saturated heterocycles. The summed E-state index contributed by atoms with van der Waals surface area (Å²) in [5.41, 5.74) is 4.68. The lowest BCUT2D eigenvalue weighted by Gasteiger charge is -2.11. The Balaban J connectivity index is 2.20. The number of pyridine rings is 1. The van der Waals surface area contributed by atoms with Crippen molar-refractivity contribution in [3.05, 3.63) is 59.4 Å². The highest BCUT2D eigenvalue weighted by atomic mass is 15.3. The Morgan fingerprint density at radius 3 is 2.37 bits per heavy atom. The van der Waals surface area contributed by atoms with Crippen molar-refractivity contribution in [2.45, 2.75) is 13.8 Å². The van der Waals surface area contributed by atoms with E-state index < -0.39 is 0 Å². The number of nitrogens with zero attached hydrogens (tertiary/aromatic N) is 3. The second kappa shape index (κ2) is 5.65. The number of aryl methyl sites for hydroxylation is 1. The van der Waals surface area contributed by atoms with Crippen LogP contribution in [-0.4, -0.2) is 20.3 Å². The zero-order valence-electron chi connectivity index (χ0n) is 12.0. The van der Waals surface area contributed by atoms with Crippen LogP contribution in [0.5, 0.6) is 0 Å². The Kier molecular flexibility index (Phi) is 3.95. The molecule has 0 amide bonds. The van der Waals surface area contributed by atoms with Crippen LogP contribution < -0.4 is 9.58 Å². The van der Waals surface area contributed by atoms with Gasteiger partial charge in [-0.1, -0.05) is 16.8 Å². The number of anilines is 1. The molecule has 19 heavy (non-hydrogen) atoms. The summed E-state index contributed by atoms with van der Waals surface area (Å²) in [4.78, 5) is 2.08. The lowest BCUT2D eigenvalue weighted by atomic mass is 10.2. The molecule has 98 valence electrons. The zero-order valence-corrected chi connectivity index (χ0v) is 12.0. The minimum atomic E-state index is 1.10. The molecule has 0 unspecified atom stereocenters. The summed E-state index contributed by atoms with van der Waals surface area (Å²) in [7, 11) is 4.07. The Labute approximate surface area is 114 Å². The highest BCUT2D eigenvalue weighted by molar-refractivity contribution is 5.79. The van der Waals surface area contributed by atoms with Gasteiger partial charge in [0.15, 0.2) is 0 Å². The Hall–Kier alpha value is -2.16. The van der Waals surface area contributed by atoms with E-state index in [0.717, 1.165) is 11.3 Å². The fourth-order valence-corrected chi connectivity index (χ4v) is 1.79. The van der Waals surface area contributed by atoms with E-state index in [1.807, 2.05) is 37.2 Å². The lowest BCUT2D eigenvalue weighted by molar-refractivity contribution is -0.684. The van der Waals surface area contributed by atoms with Crippen LogP contribution in [-0.2, 0) is 0 Å². The summed E-state index contributed by atoms with van der Waals surface area (Å²) in [6, 6.07) is 12.4. The van der Waals surface area contributed by atoms with Crippen molar-refractivity contribution >= 4 is 11.9 Å². The first-order chi connectivity index (χ1) is 9.08. The molecule has 2 aromatic rings. The van der Waals surface area contributed by atoms with Gasteiger partial charge in [0.25, 0.3) is 0 Å². The molecule has 0 atom stereocenters. The van der Waals surface area contributed by atoms with Crippen LogP contribution in [0.2, 0.25) is 0 Å². The predicted octanol–water partition coefficient (Wildman–Crippen LogP) is 2.54. The molecule has 0 aliphatic heterocycles. The van der Waals surface area contributed by atoms with Gasteiger partial charge in [-0.3, -0.25) is 0 Å². The summed E-state index contributed by atoms with van der Waals surface area (Å²) in [6.07, 6.45) is 3.85. The van der Waals surface area contributed by atoms with Crippen LogP contribution >= 0.6 is 0 Å². The highest BCUT2D eigenvalue weighted by Crippen LogP contribution is 2.10. The first kappa shape index (κ1) is 13.3. The molecule has 1 aromatic heterocycles. The summed E-state index contributed by atoms with van der Waals surface area (Å²) in [5, 5.41) is 4.49. The van der Waals surface area contributed by atoms with Gasteiger partial charge in [-0.25, -0.2) is 0 Å². The molecule has 0 aliphatic carbocycles. The van der Waals surface area contributed by atoms with Gasteiger partial charge >= 0.3 is 0 Å². The van der Waals surface area contributed by atoms with E-state index in [-0.39, 0.29) is 0 Å². The maximum atomic E-state index is 4.49. The maximum Gasteiger partial charge on any atom is 0.214 e. The molecular formula is C16H20N3+. The zero-order chi connectivity index (χ0) is 13.8. The molecule has 1 aromatic carbocycles. The first-order valence-electron chi connectivity index (χ1n) is 6.37. The van der Waals surface area contributed by atoms with Crippen molar-refractivity contribution in [2.75, 3.05) is 19.0 Å². The van der Waals surface area contributed by atoms with E-state index in [4.69, 9.17) is 0 Å². The van der Waals surface area contributed by atoms with Gasteiger partial charge in [-0.2, -0.15) is 0 Å². The van der Waals surface area contributed by atoms with Crippen LogP contribution in [0.3, 0.4) is 0 Å². The molecule has 3 nitrogen and oxygen atoms in total. The number of aromatic nitrogens is 1. The van der Waals surface area contributed by atoms with Gasteiger partial charge in [0.1, 0.15) is 6.21 Å². The van der Waals surface area contributed by atoms with Gasteiger partial charge in [0.05, 0.1) is 0 Å². The topological polar surface area (TPSA) is 19.5 Å². The van der Waals surface area contributed by atoms with Crippen molar-refractivity contribution < 1.29 is 4.68 Å². The van der Waals surface area contributed by atoms with Crippen LogP contribution in [0, 0.1) is 13.8 Å². The van der Waals surface area contributed by atoms with Crippen LogP contribution in [0.4, 0.5) is 5.69 Å². The minimum Gasteiger partial charge on any atom is -0.378 e. The molecule has 0 N–H and O–H groups in total. The number of rotatable bonds is 3. The third kappa shape index (κ3) is 3.19. The summed E-state index contributed by atoms with van der Waals surface area (Å²) < 4.78 is 1.90. The Bertz CT molecular complexity index is 583. The highest BCUT2D eigenvalue weighted by Gasteiger charge is 2.06. The summed E-state index contributed by atoms with van der Waals surface area (Å²) >= 11 is 0. The second-order valence-corrected chi connectivity index (χ2v) is 4.85. The van der Waals surface area contributed by atoms with Crippen LogP contribution in [0.25, 0.3) is 0 Å². The Morgan fingerprint density at radius 2 is 1.74 bits per heavy atom. The molecule has 0 aliphatic rings. The average Bonchev–Trinajstić information content (AvgIpc) is 2.41. The molecular weight excluding hydrogens is 234 g/mol. The van der Waals surface area contributed by atoms with Crippen LogP contribution in [0.1, 0.15) is 16.8 Å². The van der Waals surface area contributed by atoms with Gasteiger partial charge in [0, 0.05) is 38.3 Å². The molecule has 0 fully saturated rings. The van der Waals surface area contributed by atoms with E-state index in [1.165, 1.54) is 11.3 Å². The van der Waals surface area contributed by atoms with Crippen molar-refractivity contribution in [1.29, 1.82) is 0 Å². The van der Waals surface area contributed by atoms with Gasteiger partial charge in [0.2, 0.25) is 11.9 Å². The van der Waals surface area contributed by atoms with Crippen molar-refractivity contribution in [3.63, 3.8) is 0 Å². The number of hydrogen-bond donors (Lipinski definition) is 0. The van der Waals surface area contributed by atoms with Crippen molar-refractivity contribution in [3.8, 4) is 0 Å². The summed E-state index contributed by atoms with van der Waals surface area (Å²) in [6.45, 7) is 4.16. The predicted molar refractivity (Wildman–Crippen MR) is 79.9 cm³/mol. The summed E-state index contributed by atoms with van der Waals surface area (Å²) in [5.74, 6) is 0. The number of benzene rings is 1. The smallest absolute Gasteiger partial charge is 0.214 e. The molecule has 0 saturated carbocycles. The van der Waals surface area contributed by atoms with E-state index in [0.29, 0.717) is 0 Å². The van der Waals surface area contributed by atoms with Crippen LogP contribution in [0.15, 0.2) is 47.7 Å². The minimum absolute atomic E-state index is 1.10. The van der Waals surface area contributed by atoms with E-state index in [2.05, 4.69) is 54.2 Å². The fraction of sp³-hybridized carbons (Fsp3) is 0.250. The number of hydrogen-bond acceptors (Lipinski definition) is 2. The van der Waals surface area contributed by atoms with Gasteiger partial charge < -0.3 is 4.90 Å². The Morgan fingerprint density at radius 1 is 1.05 bits per heavy atom. The van der Waals surface area contributed by atoms with Crippen molar-refractivity contribution in [2.24, 2.45) is 5.10 Å². The standard InChI is InChI=1S/C16H20N3/c1-13-6-5-11-19(14(13)2)17-12-15-7-9-16(10-8-15)18(3)4/h5-12H,1-4H3/q+1. The first-order valence-corrected chi connectivity index (χ1v) is 6.37. The lowest BCUT2D eigenvalue weighted by Crippen LogP contribution is -2.31. The fourth-order valence-electron chi connectivity index (χ4n) is 1.79. The normalized spacial score (nSPS) is 10.9. The molecule has 0 radical (unpaired) electrons. The van der Waals surface area contributed by atoms with Crippen molar-refractivity contribution in [1.82, 2.24) is 0 Å². The third-order valence-corrected chi connectivity index (χ3v) is 3.23. The van der Waals surface area contributed by atoms with Gasteiger partial charge in [-0.05, 0) is 35.8 Å². The SMILES string of the molecule is Cc1ccc[n+](N=Cc2ccc(N(C)C)cc2)c1C. The molecule has 2 rings (SSSR count). The van der Waals surface area contributed by atoms with Gasteiger partial charge in [-0.15, -0.1) is 0 Å². The average molecular weight is 254 g/mol. The molecule has 1 heterocycles. The molecule has 3 heteroatoms. The largest absolute Gasteiger partial charge is 0.378 e. The van der Waals surface area contributed by atoms with E-state index in [1.54, 1.807) is 0 Å². The monoisotopic (exact) mass is 254 g/mol.